The van der Waals surface area contributed by atoms with Gasteiger partial charge in [-0.25, -0.2) is 9.97 Å². The number of hydrogen-bond acceptors (Lipinski definition) is 5. The first-order valence-corrected chi connectivity index (χ1v) is 9.80. The average Bonchev–Trinajstić information content (AvgIpc) is 2.88. The van der Waals surface area contributed by atoms with E-state index < -0.39 is 0 Å². The van der Waals surface area contributed by atoms with Gasteiger partial charge in [-0.05, 0) is 31.6 Å². The normalized spacial score (nSPS) is 22.6. The van der Waals surface area contributed by atoms with E-state index in [0.717, 1.165) is 62.2 Å². The van der Waals surface area contributed by atoms with Crippen LogP contribution in [0.4, 0.5) is 5.82 Å². The van der Waals surface area contributed by atoms with Crippen molar-refractivity contribution in [2.45, 2.75) is 51.5 Å². The molecule has 2 aliphatic heterocycles. The Morgan fingerprint density at radius 3 is 2.65 bits per heavy atom. The van der Waals surface area contributed by atoms with Crippen LogP contribution in [0.2, 0.25) is 0 Å². The standard InChI is InChI=1S/C19H28N6O/c1-14(26)25-9-5-3-4-6-17(25)15-7-10-24(11-8-15)19-16-12-22-23(2)18(16)20-13-21-19/h12-13,15,17H,3-11H2,1-2H3. The second-order valence-corrected chi connectivity index (χ2v) is 7.66. The Morgan fingerprint density at radius 2 is 1.88 bits per heavy atom. The lowest BCUT2D eigenvalue weighted by atomic mass is 9.86. The highest BCUT2D eigenvalue weighted by molar-refractivity contribution is 5.86. The molecule has 1 unspecified atom stereocenters. The molecule has 2 aromatic rings. The summed E-state index contributed by atoms with van der Waals surface area (Å²) in [6.07, 6.45) is 10.5. The van der Waals surface area contributed by atoms with E-state index in [1.54, 1.807) is 17.9 Å². The van der Waals surface area contributed by atoms with Crippen LogP contribution in [0.1, 0.15) is 45.4 Å². The van der Waals surface area contributed by atoms with E-state index in [2.05, 4.69) is 24.9 Å². The molecular weight excluding hydrogens is 328 g/mol. The largest absolute Gasteiger partial charge is 0.356 e. The maximum absolute atomic E-state index is 12.1. The number of rotatable bonds is 2. The number of carbonyl (C=O) groups excluding carboxylic acids is 1. The van der Waals surface area contributed by atoms with Crippen molar-refractivity contribution in [2.75, 3.05) is 24.5 Å². The fourth-order valence-electron chi connectivity index (χ4n) is 4.71. The minimum atomic E-state index is 0.243. The minimum absolute atomic E-state index is 0.243. The summed E-state index contributed by atoms with van der Waals surface area (Å²) >= 11 is 0. The third-order valence-corrected chi connectivity index (χ3v) is 6.10. The molecule has 0 saturated carbocycles. The van der Waals surface area contributed by atoms with Gasteiger partial charge < -0.3 is 9.80 Å². The average molecular weight is 356 g/mol. The maximum atomic E-state index is 12.1. The lowest BCUT2D eigenvalue weighted by Crippen LogP contribution is -2.47. The molecule has 7 heteroatoms. The molecule has 4 heterocycles. The van der Waals surface area contributed by atoms with Gasteiger partial charge in [0, 0.05) is 39.6 Å². The Labute approximate surface area is 154 Å². The summed E-state index contributed by atoms with van der Waals surface area (Å²) in [5.74, 6) is 1.83. The zero-order chi connectivity index (χ0) is 18.1. The van der Waals surface area contributed by atoms with Crippen LogP contribution in [0.25, 0.3) is 11.0 Å². The van der Waals surface area contributed by atoms with Gasteiger partial charge in [-0.15, -0.1) is 0 Å². The highest BCUT2D eigenvalue weighted by Gasteiger charge is 2.33. The molecule has 2 saturated heterocycles. The molecule has 0 radical (unpaired) electrons. The molecule has 0 N–H and O–H groups in total. The molecule has 1 amide bonds. The van der Waals surface area contributed by atoms with Crippen molar-refractivity contribution in [1.29, 1.82) is 0 Å². The second kappa shape index (κ2) is 7.21. The summed E-state index contributed by atoms with van der Waals surface area (Å²) in [5, 5.41) is 5.34. The smallest absolute Gasteiger partial charge is 0.219 e. The first kappa shape index (κ1) is 17.2. The highest BCUT2D eigenvalue weighted by Crippen LogP contribution is 2.32. The molecule has 2 fully saturated rings. The fourth-order valence-corrected chi connectivity index (χ4v) is 4.71. The summed E-state index contributed by atoms with van der Waals surface area (Å²) in [7, 11) is 1.91. The van der Waals surface area contributed by atoms with Crippen molar-refractivity contribution in [1.82, 2.24) is 24.6 Å². The lowest BCUT2D eigenvalue weighted by Gasteiger charge is -2.40. The number of likely N-dealkylation sites (tertiary alicyclic amines) is 1. The Bertz CT molecular complexity index is 779. The molecule has 0 aromatic carbocycles. The van der Waals surface area contributed by atoms with Crippen LogP contribution < -0.4 is 4.90 Å². The molecule has 0 spiro atoms. The van der Waals surface area contributed by atoms with E-state index in [0.29, 0.717) is 12.0 Å². The first-order chi connectivity index (χ1) is 12.6. The summed E-state index contributed by atoms with van der Waals surface area (Å²) in [5.41, 5.74) is 0.878. The molecular formula is C19H28N6O. The lowest BCUT2D eigenvalue weighted by molar-refractivity contribution is -0.132. The Morgan fingerprint density at radius 1 is 1.08 bits per heavy atom. The summed E-state index contributed by atoms with van der Waals surface area (Å²) in [4.78, 5) is 25.5. The number of aryl methyl sites for hydroxylation is 1. The van der Waals surface area contributed by atoms with Crippen LogP contribution in [0.15, 0.2) is 12.5 Å². The molecule has 0 aliphatic carbocycles. The number of hydrogen-bond donors (Lipinski definition) is 0. The number of piperidine rings is 1. The van der Waals surface area contributed by atoms with Gasteiger partial charge in [-0.2, -0.15) is 5.10 Å². The van der Waals surface area contributed by atoms with E-state index in [1.807, 2.05) is 13.2 Å². The predicted octanol–water partition coefficient (Wildman–Crippen LogP) is 2.37. The van der Waals surface area contributed by atoms with Crippen molar-refractivity contribution in [3.63, 3.8) is 0 Å². The minimum Gasteiger partial charge on any atom is -0.356 e. The zero-order valence-corrected chi connectivity index (χ0v) is 15.8. The molecule has 7 nitrogen and oxygen atoms in total. The monoisotopic (exact) mass is 356 g/mol. The van der Waals surface area contributed by atoms with Gasteiger partial charge in [0.1, 0.15) is 12.1 Å². The van der Waals surface area contributed by atoms with Crippen LogP contribution in [0.5, 0.6) is 0 Å². The van der Waals surface area contributed by atoms with Gasteiger partial charge in [0.25, 0.3) is 0 Å². The van der Waals surface area contributed by atoms with Gasteiger partial charge in [0.05, 0.1) is 11.6 Å². The fraction of sp³-hybridized carbons (Fsp3) is 0.684. The Kier molecular flexibility index (Phi) is 4.78. The molecule has 1 atom stereocenters. The van der Waals surface area contributed by atoms with E-state index in [4.69, 9.17) is 0 Å². The maximum Gasteiger partial charge on any atom is 0.219 e. The summed E-state index contributed by atoms with van der Waals surface area (Å²) in [6, 6.07) is 0.418. The first-order valence-electron chi connectivity index (χ1n) is 9.80. The zero-order valence-electron chi connectivity index (χ0n) is 15.8. The molecule has 26 heavy (non-hydrogen) atoms. The van der Waals surface area contributed by atoms with E-state index in [1.165, 1.54) is 12.8 Å². The van der Waals surface area contributed by atoms with E-state index >= 15 is 0 Å². The number of anilines is 1. The topological polar surface area (TPSA) is 67.2 Å². The van der Waals surface area contributed by atoms with Crippen LogP contribution in [0, 0.1) is 5.92 Å². The van der Waals surface area contributed by atoms with Crippen molar-refractivity contribution >= 4 is 22.8 Å². The van der Waals surface area contributed by atoms with Gasteiger partial charge >= 0.3 is 0 Å². The SMILES string of the molecule is CC(=O)N1CCCCCC1C1CCN(c2ncnc3c2cnn3C)CC1. The summed E-state index contributed by atoms with van der Waals surface area (Å²) in [6.45, 7) is 4.62. The quantitative estimate of drug-likeness (QED) is 0.826. The molecule has 2 aromatic heterocycles. The number of carbonyl (C=O) groups is 1. The second-order valence-electron chi connectivity index (χ2n) is 7.66. The van der Waals surface area contributed by atoms with E-state index in [9.17, 15) is 4.79 Å². The van der Waals surface area contributed by atoms with Crippen molar-refractivity contribution in [3.05, 3.63) is 12.5 Å². The van der Waals surface area contributed by atoms with Crippen LogP contribution in [0.3, 0.4) is 0 Å². The number of amides is 1. The van der Waals surface area contributed by atoms with Crippen molar-refractivity contribution < 1.29 is 4.79 Å². The van der Waals surface area contributed by atoms with Gasteiger partial charge in [0.2, 0.25) is 5.91 Å². The molecule has 0 bridgehead atoms. The van der Waals surface area contributed by atoms with Crippen LogP contribution in [-0.4, -0.2) is 56.2 Å². The number of aromatic nitrogens is 4. The number of fused-ring (bicyclic) bond motifs is 1. The highest BCUT2D eigenvalue weighted by atomic mass is 16.2. The predicted molar refractivity (Wildman–Crippen MR) is 101 cm³/mol. The third kappa shape index (κ3) is 3.15. The summed E-state index contributed by atoms with van der Waals surface area (Å²) < 4.78 is 1.80. The van der Waals surface area contributed by atoms with Gasteiger partial charge in [-0.1, -0.05) is 12.8 Å². The Hall–Kier alpha value is -2.18. The van der Waals surface area contributed by atoms with Crippen molar-refractivity contribution in [2.24, 2.45) is 13.0 Å². The van der Waals surface area contributed by atoms with Crippen molar-refractivity contribution in [3.8, 4) is 0 Å². The van der Waals surface area contributed by atoms with Gasteiger partial charge in [-0.3, -0.25) is 9.48 Å². The van der Waals surface area contributed by atoms with Gasteiger partial charge in [0.15, 0.2) is 5.65 Å². The molecule has 140 valence electrons. The third-order valence-electron chi connectivity index (χ3n) is 6.10. The Balaban J connectivity index is 1.48. The molecule has 2 aliphatic rings. The molecule has 4 rings (SSSR count). The number of nitrogens with zero attached hydrogens (tertiary/aromatic N) is 6. The van der Waals surface area contributed by atoms with Crippen LogP contribution in [-0.2, 0) is 11.8 Å². The van der Waals surface area contributed by atoms with E-state index in [-0.39, 0.29) is 5.91 Å². The van der Waals surface area contributed by atoms with Crippen LogP contribution >= 0.6 is 0 Å².